The van der Waals surface area contributed by atoms with E-state index in [0.717, 1.165) is 0 Å². The number of benzene rings is 1. The van der Waals surface area contributed by atoms with Crippen molar-refractivity contribution in [2.75, 3.05) is 0 Å². The fraction of sp³-hybridized carbons (Fsp3) is 0.273. The minimum atomic E-state index is -0.881. The molecule has 1 amide bonds. The van der Waals surface area contributed by atoms with Crippen LogP contribution >= 0.6 is 0 Å². The lowest BCUT2D eigenvalue weighted by atomic mass is 10.2. The molecule has 1 aromatic carbocycles. The van der Waals surface area contributed by atoms with Crippen LogP contribution in [-0.2, 0) is 4.79 Å². The summed E-state index contributed by atoms with van der Waals surface area (Å²) in [4.78, 5) is 21.5. The third-order valence-corrected chi connectivity index (χ3v) is 2.68. The van der Waals surface area contributed by atoms with Gasteiger partial charge in [-0.3, -0.25) is 14.9 Å². The number of nitro groups is 1. The summed E-state index contributed by atoms with van der Waals surface area (Å²) in [7, 11) is 0. The molecule has 0 aromatic heterocycles. The van der Waals surface area contributed by atoms with Crippen molar-refractivity contribution in [3.05, 3.63) is 27.8 Å². The molecule has 0 fully saturated rings. The molecule has 2 rings (SSSR count). The monoisotopic (exact) mass is 277 g/mol. The van der Waals surface area contributed by atoms with Crippen molar-refractivity contribution in [2.24, 2.45) is 15.3 Å². The predicted molar refractivity (Wildman–Crippen MR) is 69.1 cm³/mol. The number of hydrogen-bond donors (Lipinski definition) is 2. The zero-order chi connectivity index (χ0) is 14.9. The van der Waals surface area contributed by atoms with E-state index in [0.29, 0.717) is 11.3 Å². The summed E-state index contributed by atoms with van der Waals surface area (Å²) in [5.74, 6) is -1.02. The summed E-state index contributed by atoms with van der Waals surface area (Å²) in [5.41, 5.74) is 2.69. The highest BCUT2D eigenvalue weighted by Gasteiger charge is 2.27. The Kier molecular flexibility index (Phi) is 3.42. The van der Waals surface area contributed by atoms with E-state index in [9.17, 15) is 20.0 Å². The number of phenolic OH excluding ortho intramolecular Hbond substituents is 1. The molecule has 0 spiro atoms. The molecule has 1 atom stereocenters. The van der Waals surface area contributed by atoms with E-state index >= 15 is 0 Å². The molecule has 1 aliphatic rings. The normalized spacial score (nSPS) is 18.2. The number of carbonyl (C=O) groups excluding carboxylic acids is 1. The number of hydrazone groups is 1. The second-order valence-electron chi connectivity index (χ2n) is 4.26. The Balaban J connectivity index is 2.37. The number of nitro benzene ring substituents is 1. The zero-order valence-electron chi connectivity index (χ0n) is 10.7. The van der Waals surface area contributed by atoms with Gasteiger partial charge in [0.15, 0.2) is 6.04 Å². The second-order valence-corrected chi connectivity index (χ2v) is 4.26. The van der Waals surface area contributed by atoms with Gasteiger partial charge in [0.2, 0.25) is 5.75 Å². The van der Waals surface area contributed by atoms with Gasteiger partial charge >= 0.3 is 5.69 Å². The second kappa shape index (κ2) is 5.03. The van der Waals surface area contributed by atoms with Crippen molar-refractivity contribution in [1.82, 2.24) is 5.43 Å². The summed E-state index contributed by atoms with van der Waals surface area (Å²) in [5, 5.41) is 31.7. The summed E-state index contributed by atoms with van der Waals surface area (Å²) >= 11 is 0. The molecule has 1 aromatic rings. The maximum Gasteiger partial charge on any atom is 0.313 e. The average Bonchev–Trinajstić information content (AvgIpc) is 2.69. The number of carbonyl (C=O) groups is 1. The van der Waals surface area contributed by atoms with Crippen molar-refractivity contribution >= 4 is 23.0 Å². The van der Waals surface area contributed by atoms with Crippen LogP contribution in [0.5, 0.6) is 5.75 Å². The van der Waals surface area contributed by atoms with Gasteiger partial charge in [-0.2, -0.15) is 15.3 Å². The van der Waals surface area contributed by atoms with Crippen LogP contribution in [0.15, 0.2) is 27.5 Å². The number of aromatic hydroxyl groups is 1. The van der Waals surface area contributed by atoms with Gasteiger partial charge in [0.05, 0.1) is 10.6 Å². The van der Waals surface area contributed by atoms with E-state index in [-0.39, 0.29) is 5.69 Å². The van der Waals surface area contributed by atoms with Gasteiger partial charge in [-0.15, -0.1) is 0 Å². The van der Waals surface area contributed by atoms with Crippen LogP contribution in [0, 0.1) is 17.0 Å². The highest BCUT2D eigenvalue weighted by atomic mass is 16.6. The van der Waals surface area contributed by atoms with Gasteiger partial charge in [0.1, 0.15) is 5.69 Å². The molecule has 1 aliphatic heterocycles. The fourth-order valence-electron chi connectivity index (χ4n) is 1.67. The van der Waals surface area contributed by atoms with E-state index in [1.807, 2.05) is 0 Å². The third kappa shape index (κ3) is 2.46. The zero-order valence-corrected chi connectivity index (χ0v) is 10.7. The van der Waals surface area contributed by atoms with Crippen molar-refractivity contribution in [3.8, 4) is 5.75 Å². The fourth-order valence-corrected chi connectivity index (χ4v) is 1.67. The smallest absolute Gasteiger partial charge is 0.313 e. The van der Waals surface area contributed by atoms with E-state index in [2.05, 4.69) is 20.8 Å². The molecule has 0 saturated heterocycles. The molecule has 0 aliphatic carbocycles. The maximum atomic E-state index is 11.4. The maximum absolute atomic E-state index is 11.4. The largest absolute Gasteiger partial charge is 0.501 e. The predicted octanol–water partition coefficient (Wildman–Crippen LogP) is 1.57. The molecule has 0 bridgehead atoms. The minimum absolute atomic E-state index is 0.0656. The molecule has 9 heteroatoms. The van der Waals surface area contributed by atoms with Crippen LogP contribution in [0.4, 0.5) is 11.4 Å². The first-order valence-electron chi connectivity index (χ1n) is 5.63. The van der Waals surface area contributed by atoms with Gasteiger partial charge in [-0.1, -0.05) is 0 Å². The summed E-state index contributed by atoms with van der Waals surface area (Å²) < 4.78 is 0. The molecular formula is C11H11N5O4. The topological polar surface area (TPSA) is 130 Å². The van der Waals surface area contributed by atoms with Gasteiger partial charge < -0.3 is 5.11 Å². The standard InChI is InChI=1S/C11H11N5O4/c1-5-3-7(10(17)8(4-5)16(19)20)13-14-9-6(2)12-15-11(9)18/h3-4,9,17H,1-2H3,(H,15,18). The molecular weight excluding hydrogens is 266 g/mol. The molecule has 1 unspecified atom stereocenters. The first kappa shape index (κ1) is 13.6. The van der Waals surface area contributed by atoms with Crippen LogP contribution in [0.2, 0.25) is 0 Å². The highest BCUT2D eigenvalue weighted by molar-refractivity contribution is 6.10. The molecule has 20 heavy (non-hydrogen) atoms. The van der Waals surface area contributed by atoms with Crippen molar-refractivity contribution < 1.29 is 14.8 Å². The Morgan fingerprint density at radius 3 is 2.70 bits per heavy atom. The summed E-state index contributed by atoms with van der Waals surface area (Å²) in [6.07, 6.45) is 0. The third-order valence-electron chi connectivity index (χ3n) is 2.68. The van der Waals surface area contributed by atoms with Crippen LogP contribution in [0.25, 0.3) is 0 Å². The quantitative estimate of drug-likeness (QED) is 0.493. The number of rotatable bonds is 3. The van der Waals surface area contributed by atoms with Crippen LogP contribution < -0.4 is 5.43 Å². The molecule has 0 saturated carbocycles. The molecule has 2 N–H and O–H groups in total. The highest BCUT2D eigenvalue weighted by Crippen LogP contribution is 2.37. The Hall–Kier alpha value is -2.84. The molecule has 9 nitrogen and oxygen atoms in total. The first-order valence-corrected chi connectivity index (χ1v) is 5.63. The van der Waals surface area contributed by atoms with Gasteiger partial charge in [-0.25, -0.2) is 5.43 Å². The number of nitrogens with one attached hydrogen (secondary N) is 1. The lowest BCUT2D eigenvalue weighted by Crippen LogP contribution is -2.25. The minimum Gasteiger partial charge on any atom is -0.501 e. The van der Waals surface area contributed by atoms with E-state index in [4.69, 9.17) is 0 Å². The number of hydrogen-bond acceptors (Lipinski definition) is 7. The lowest BCUT2D eigenvalue weighted by Gasteiger charge is -2.03. The summed E-state index contributed by atoms with van der Waals surface area (Å²) in [6.45, 7) is 3.22. The van der Waals surface area contributed by atoms with Crippen LogP contribution in [0.3, 0.4) is 0 Å². The van der Waals surface area contributed by atoms with Crippen molar-refractivity contribution in [1.29, 1.82) is 0 Å². The lowest BCUT2D eigenvalue weighted by molar-refractivity contribution is -0.385. The Bertz CT molecular complexity index is 652. The first-order chi connectivity index (χ1) is 9.40. The molecule has 104 valence electrons. The van der Waals surface area contributed by atoms with Gasteiger partial charge in [0, 0.05) is 6.07 Å². The summed E-state index contributed by atoms with van der Waals surface area (Å²) in [6, 6.07) is 1.78. The number of phenols is 1. The molecule has 1 heterocycles. The van der Waals surface area contributed by atoms with E-state index in [1.165, 1.54) is 12.1 Å². The Labute approximate surface area is 113 Å². The number of aryl methyl sites for hydroxylation is 1. The Morgan fingerprint density at radius 1 is 1.45 bits per heavy atom. The SMILES string of the molecule is CC1=NNC(=O)C1N=Nc1cc(C)cc([N+](=O)[O-])c1O. The number of nitrogens with zero attached hydrogens (tertiary/aromatic N) is 4. The Morgan fingerprint density at radius 2 is 2.15 bits per heavy atom. The van der Waals surface area contributed by atoms with E-state index in [1.54, 1.807) is 13.8 Å². The number of azo groups is 1. The van der Waals surface area contributed by atoms with Crippen LogP contribution in [-0.4, -0.2) is 27.7 Å². The van der Waals surface area contributed by atoms with E-state index < -0.39 is 28.3 Å². The van der Waals surface area contributed by atoms with Gasteiger partial charge in [-0.05, 0) is 25.5 Å². The van der Waals surface area contributed by atoms with Gasteiger partial charge in [0.25, 0.3) is 5.91 Å². The molecule has 0 radical (unpaired) electrons. The van der Waals surface area contributed by atoms with Crippen molar-refractivity contribution in [2.45, 2.75) is 19.9 Å². The van der Waals surface area contributed by atoms with Crippen LogP contribution in [0.1, 0.15) is 12.5 Å². The van der Waals surface area contributed by atoms with Crippen molar-refractivity contribution in [3.63, 3.8) is 0 Å². The number of amides is 1. The average molecular weight is 277 g/mol.